The number of nitrogens with zero attached hydrogens (tertiary/aromatic N) is 5. The molecule has 0 aliphatic carbocycles. The summed E-state index contributed by atoms with van der Waals surface area (Å²) in [6.45, 7) is 4.82. The first-order valence-electron chi connectivity index (χ1n) is 8.95. The number of anilines is 1. The van der Waals surface area contributed by atoms with E-state index in [0.717, 1.165) is 11.2 Å². The number of amides is 1. The van der Waals surface area contributed by atoms with Crippen molar-refractivity contribution in [3.8, 4) is 0 Å². The van der Waals surface area contributed by atoms with Crippen LogP contribution in [0, 0.1) is 10.1 Å². The number of benzene rings is 1. The molecule has 2 N–H and O–H groups in total. The molecule has 1 amide bonds. The molecule has 0 radical (unpaired) electrons. The van der Waals surface area contributed by atoms with Gasteiger partial charge in [-0.15, -0.1) is 0 Å². The molecule has 11 heteroatoms. The van der Waals surface area contributed by atoms with Crippen molar-refractivity contribution in [2.24, 2.45) is 0 Å². The van der Waals surface area contributed by atoms with Gasteiger partial charge in [0.15, 0.2) is 10.8 Å². The molecule has 0 bridgehead atoms. The van der Waals surface area contributed by atoms with Crippen molar-refractivity contribution in [1.82, 2.24) is 25.1 Å². The summed E-state index contributed by atoms with van der Waals surface area (Å²) in [7, 11) is 0. The molecule has 0 fully saturated rings. The topological polar surface area (TPSA) is 128 Å². The molecule has 0 saturated carbocycles. The molecule has 3 rings (SSSR count). The maximum atomic E-state index is 12.2. The minimum absolute atomic E-state index is 0.0559. The van der Waals surface area contributed by atoms with Gasteiger partial charge in [0.2, 0.25) is 0 Å². The fourth-order valence-electron chi connectivity index (χ4n) is 2.69. The summed E-state index contributed by atoms with van der Waals surface area (Å²) in [6.07, 6.45) is 3.62. The molecule has 0 aliphatic rings. The molecule has 0 unspecified atom stereocenters. The number of hydrogen-bond donors (Lipinski definition) is 2. The predicted octanol–water partition coefficient (Wildman–Crippen LogP) is 2.71. The Hall–Kier alpha value is -3.21. The average molecular weight is 415 g/mol. The molecular formula is C18H21N7O3S. The first-order chi connectivity index (χ1) is 13.9. The standard InChI is InChI=1S/C18H21N7O3S/c1-11(2)21-15-14-10-20-24(16(14)23-18(22-15)29-3)9-8-19-17(26)12-4-6-13(7-5-12)25(27)28/h4-7,10-11H,8-9H2,1-3H3,(H,19,26)(H,21,22,23). The Kier molecular flexibility index (Phi) is 6.27. The van der Waals surface area contributed by atoms with Crippen LogP contribution < -0.4 is 10.6 Å². The number of nitro benzene ring substituents is 1. The predicted molar refractivity (Wildman–Crippen MR) is 111 cm³/mol. The third-order valence-electron chi connectivity index (χ3n) is 4.03. The lowest BCUT2D eigenvalue weighted by Gasteiger charge is -2.11. The zero-order chi connectivity index (χ0) is 21.0. The highest BCUT2D eigenvalue weighted by Crippen LogP contribution is 2.23. The normalized spacial score (nSPS) is 11.0. The molecular weight excluding hydrogens is 394 g/mol. The van der Waals surface area contributed by atoms with E-state index in [1.807, 2.05) is 20.1 Å². The van der Waals surface area contributed by atoms with Crippen LogP contribution in [0.15, 0.2) is 35.6 Å². The number of thioether (sulfide) groups is 1. The van der Waals surface area contributed by atoms with E-state index in [2.05, 4.69) is 25.7 Å². The van der Waals surface area contributed by atoms with Gasteiger partial charge in [-0.2, -0.15) is 5.10 Å². The van der Waals surface area contributed by atoms with Crippen LogP contribution in [-0.4, -0.2) is 49.4 Å². The van der Waals surface area contributed by atoms with Crippen LogP contribution in [-0.2, 0) is 6.54 Å². The summed E-state index contributed by atoms with van der Waals surface area (Å²) in [6, 6.07) is 5.68. The number of nitro groups is 1. The highest BCUT2D eigenvalue weighted by atomic mass is 32.2. The zero-order valence-corrected chi connectivity index (χ0v) is 17.1. The van der Waals surface area contributed by atoms with Gasteiger partial charge in [-0.05, 0) is 32.2 Å². The van der Waals surface area contributed by atoms with Gasteiger partial charge in [0, 0.05) is 30.3 Å². The first kappa shape index (κ1) is 20.5. The van der Waals surface area contributed by atoms with Crippen molar-refractivity contribution in [3.63, 3.8) is 0 Å². The van der Waals surface area contributed by atoms with E-state index in [-0.39, 0.29) is 17.6 Å². The Labute approximate surface area is 171 Å². The van der Waals surface area contributed by atoms with Crippen LogP contribution >= 0.6 is 11.8 Å². The van der Waals surface area contributed by atoms with E-state index in [1.54, 1.807) is 10.9 Å². The van der Waals surface area contributed by atoms with Crippen LogP contribution in [0.2, 0.25) is 0 Å². The molecule has 2 heterocycles. The van der Waals surface area contributed by atoms with Gasteiger partial charge in [-0.25, -0.2) is 14.6 Å². The second kappa shape index (κ2) is 8.86. The Morgan fingerprint density at radius 3 is 2.62 bits per heavy atom. The molecule has 3 aromatic rings. The summed E-state index contributed by atoms with van der Waals surface area (Å²) in [5, 5.41) is 22.6. The molecule has 0 saturated heterocycles. The van der Waals surface area contributed by atoms with Gasteiger partial charge in [-0.1, -0.05) is 11.8 Å². The number of non-ortho nitro benzene ring substituents is 1. The number of hydrogen-bond acceptors (Lipinski definition) is 8. The number of carbonyl (C=O) groups is 1. The van der Waals surface area contributed by atoms with Crippen molar-refractivity contribution in [3.05, 3.63) is 46.1 Å². The summed E-state index contributed by atoms with van der Waals surface area (Å²) >= 11 is 1.45. The van der Waals surface area contributed by atoms with Crippen LogP contribution in [0.5, 0.6) is 0 Å². The van der Waals surface area contributed by atoms with Crippen LogP contribution in [0.25, 0.3) is 11.0 Å². The Balaban J connectivity index is 1.70. The third kappa shape index (κ3) is 4.80. The smallest absolute Gasteiger partial charge is 0.269 e. The highest BCUT2D eigenvalue weighted by Gasteiger charge is 2.14. The van der Waals surface area contributed by atoms with Crippen molar-refractivity contribution in [1.29, 1.82) is 0 Å². The molecule has 10 nitrogen and oxygen atoms in total. The largest absolute Gasteiger partial charge is 0.367 e. The van der Waals surface area contributed by atoms with Crippen molar-refractivity contribution < 1.29 is 9.72 Å². The molecule has 0 spiro atoms. The summed E-state index contributed by atoms with van der Waals surface area (Å²) in [5.74, 6) is 0.425. The van der Waals surface area contributed by atoms with E-state index in [0.29, 0.717) is 29.5 Å². The molecule has 0 aliphatic heterocycles. The van der Waals surface area contributed by atoms with Crippen LogP contribution in [0.3, 0.4) is 0 Å². The number of nitrogens with one attached hydrogen (secondary N) is 2. The number of rotatable bonds is 8. The van der Waals surface area contributed by atoms with Gasteiger partial charge in [0.25, 0.3) is 11.6 Å². The summed E-state index contributed by atoms with van der Waals surface area (Å²) in [5.41, 5.74) is 0.994. The second-order valence-corrected chi connectivity index (χ2v) is 7.30. The van der Waals surface area contributed by atoms with Crippen LogP contribution in [0.4, 0.5) is 11.5 Å². The Morgan fingerprint density at radius 2 is 2.00 bits per heavy atom. The van der Waals surface area contributed by atoms with E-state index < -0.39 is 4.92 Å². The van der Waals surface area contributed by atoms with Gasteiger partial charge in [-0.3, -0.25) is 14.9 Å². The van der Waals surface area contributed by atoms with Gasteiger partial charge in [0.05, 0.1) is 23.1 Å². The fourth-order valence-corrected chi connectivity index (χ4v) is 3.05. The van der Waals surface area contributed by atoms with E-state index in [9.17, 15) is 14.9 Å². The number of carbonyl (C=O) groups excluding carboxylic acids is 1. The van der Waals surface area contributed by atoms with E-state index in [4.69, 9.17) is 0 Å². The SMILES string of the molecule is CSc1nc(NC(C)C)c2cnn(CCNC(=O)c3ccc([N+](=O)[O-])cc3)c2n1. The quantitative estimate of drug-likeness (QED) is 0.249. The molecule has 0 atom stereocenters. The zero-order valence-electron chi connectivity index (χ0n) is 16.2. The monoisotopic (exact) mass is 415 g/mol. The lowest BCUT2D eigenvalue weighted by atomic mass is 10.2. The number of fused-ring (bicyclic) bond motifs is 1. The Morgan fingerprint density at radius 1 is 1.28 bits per heavy atom. The van der Waals surface area contributed by atoms with Crippen molar-refractivity contribution in [2.75, 3.05) is 18.1 Å². The average Bonchev–Trinajstić information content (AvgIpc) is 3.10. The third-order valence-corrected chi connectivity index (χ3v) is 4.58. The number of aromatic nitrogens is 4. The van der Waals surface area contributed by atoms with Crippen LogP contribution in [0.1, 0.15) is 24.2 Å². The minimum Gasteiger partial charge on any atom is -0.367 e. The van der Waals surface area contributed by atoms with Gasteiger partial charge >= 0.3 is 0 Å². The molecule has 29 heavy (non-hydrogen) atoms. The Bertz CT molecular complexity index is 1030. The lowest BCUT2D eigenvalue weighted by molar-refractivity contribution is -0.384. The van der Waals surface area contributed by atoms with E-state index in [1.165, 1.54) is 36.0 Å². The maximum Gasteiger partial charge on any atom is 0.269 e. The van der Waals surface area contributed by atoms with Crippen molar-refractivity contribution >= 4 is 40.2 Å². The van der Waals surface area contributed by atoms with E-state index >= 15 is 0 Å². The van der Waals surface area contributed by atoms with Gasteiger partial charge in [0.1, 0.15) is 5.82 Å². The van der Waals surface area contributed by atoms with Gasteiger partial charge < -0.3 is 10.6 Å². The second-order valence-electron chi connectivity index (χ2n) is 6.52. The van der Waals surface area contributed by atoms with Crippen molar-refractivity contribution in [2.45, 2.75) is 31.6 Å². The first-order valence-corrected chi connectivity index (χ1v) is 10.2. The summed E-state index contributed by atoms with van der Waals surface area (Å²) in [4.78, 5) is 31.5. The molecule has 1 aromatic carbocycles. The lowest BCUT2D eigenvalue weighted by Crippen LogP contribution is -2.27. The fraction of sp³-hybridized carbons (Fsp3) is 0.333. The molecule has 2 aromatic heterocycles. The highest BCUT2D eigenvalue weighted by molar-refractivity contribution is 7.98. The summed E-state index contributed by atoms with van der Waals surface area (Å²) < 4.78 is 1.72. The maximum absolute atomic E-state index is 12.2. The molecule has 152 valence electrons. The minimum atomic E-state index is -0.502.